The molecule has 0 aliphatic carbocycles. The van der Waals surface area contributed by atoms with Crippen LogP contribution < -0.4 is 22.0 Å². The molecule has 2 heterocycles. The second-order valence-electron chi connectivity index (χ2n) is 1.98. The largest absolute Gasteiger partial charge is 1.00 e. The van der Waals surface area contributed by atoms with Gasteiger partial charge in [0.2, 0.25) is 5.52 Å². The summed E-state index contributed by atoms with van der Waals surface area (Å²) in [5.74, 6) is 0. The fourth-order valence-corrected chi connectivity index (χ4v) is 0.928. The molecule has 0 amide bonds. The van der Waals surface area contributed by atoms with E-state index in [0.29, 0.717) is 0 Å². The van der Waals surface area contributed by atoms with Crippen molar-refractivity contribution in [1.29, 1.82) is 0 Å². The molecule has 0 fully saturated rings. The van der Waals surface area contributed by atoms with Crippen LogP contribution in [0.2, 0.25) is 0 Å². The summed E-state index contributed by atoms with van der Waals surface area (Å²) in [4.78, 5) is 6.19. The van der Waals surface area contributed by atoms with E-state index in [4.69, 9.17) is 0 Å². The van der Waals surface area contributed by atoms with Crippen molar-refractivity contribution in [3.8, 4) is 0 Å². The zero-order chi connectivity index (χ0) is 6.10. The van der Waals surface area contributed by atoms with Crippen molar-refractivity contribution in [1.82, 2.24) is 4.98 Å². The maximum atomic E-state index is 3.10. The maximum absolute atomic E-state index is 3.10. The molecule has 0 unspecified atom stereocenters. The fraction of sp³-hybridized carbons (Fsp3) is 0. The average Bonchev–Trinajstić information content (AvgIpc) is 2.33. The Morgan fingerprint density at radius 2 is 2.20 bits per heavy atom. The molecule has 2 nitrogen and oxygen atoms in total. The molecule has 3 heteroatoms. The van der Waals surface area contributed by atoms with Crippen molar-refractivity contribution >= 4 is 11.0 Å². The third-order valence-electron chi connectivity index (χ3n) is 1.38. The van der Waals surface area contributed by atoms with E-state index < -0.39 is 0 Å². The second kappa shape index (κ2) is 2.84. The van der Waals surface area contributed by atoms with Crippen LogP contribution in [0.3, 0.4) is 0 Å². The van der Waals surface area contributed by atoms with Gasteiger partial charge in [0.15, 0.2) is 6.20 Å². The zero-order valence-electron chi connectivity index (χ0n) is 5.26. The number of aromatic nitrogens is 2. The number of rotatable bonds is 0. The van der Waals surface area contributed by atoms with Gasteiger partial charge in [-0.2, -0.15) is 0 Å². The van der Waals surface area contributed by atoms with Gasteiger partial charge in [-0.1, -0.05) is 0 Å². The first-order valence-electron chi connectivity index (χ1n) is 2.90. The van der Waals surface area contributed by atoms with Gasteiger partial charge in [-0.05, 0) is 6.07 Å². The quantitative estimate of drug-likeness (QED) is 0.508. The van der Waals surface area contributed by atoms with Crippen molar-refractivity contribution < 1.29 is 22.0 Å². The topological polar surface area (TPSA) is 29.9 Å². The van der Waals surface area contributed by atoms with Crippen LogP contribution in [0.25, 0.3) is 11.0 Å². The van der Waals surface area contributed by atoms with Gasteiger partial charge in [0.05, 0.1) is 0 Å². The van der Waals surface area contributed by atoms with E-state index in [2.05, 4.69) is 9.97 Å². The molecule has 0 spiro atoms. The molecule has 0 atom stereocenters. The lowest BCUT2D eigenvalue weighted by Crippen LogP contribution is -3.00. The molecule has 2 aromatic rings. The highest BCUT2D eigenvalue weighted by atomic mass is 79.9. The minimum atomic E-state index is 0. The summed E-state index contributed by atoms with van der Waals surface area (Å²) >= 11 is 0. The summed E-state index contributed by atoms with van der Waals surface area (Å²) < 4.78 is 0. The van der Waals surface area contributed by atoms with Gasteiger partial charge in [0.1, 0.15) is 5.52 Å². The Balaban J connectivity index is 0.000000500. The molecule has 0 bridgehead atoms. The Bertz CT molecular complexity index is 286. The number of aromatic amines is 2. The number of fused-ring (bicyclic) bond motifs is 1. The van der Waals surface area contributed by atoms with Gasteiger partial charge in [0.25, 0.3) is 0 Å². The monoisotopic (exact) mass is 198 g/mol. The minimum Gasteiger partial charge on any atom is -1.00 e. The van der Waals surface area contributed by atoms with Crippen LogP contribution in [0.15, 0.2) is 30.6 Å². The number of nitrogens with one attached hydrogen (secondary N) is 2. The zero-order valence-corrected chi connectivity index (χ0v) is 6.85. The lowest BCUT2D eigenvalue weighted by atomic mass is 10.4. The molecule has 2 rings (SSSR count). The molecule has 10 heavy (non-hydrogen) atoms. The first-order valence-corrected chi connectivity index (χ1v) is 2.90. The fourth-order valence-electron chi connectivity index (χ4n) is 0.928. The molecule has 0 aromatic carbocycles. The van der Waals surface area contributed by atoms with E-state index in [0.717, 1.165) is 11.0 Å². The molecule has 0 aliphatic rings. The Kier molecular flexibility index (Phi) is 2.06. The summed E-state index contributed by atoms with van der Waals surface area (Å²) in [5.41, 5.74) is 2.30. The van der Waals surface area contributed by atoms with Gasteiger partial charge < -0.3 is 22.0 Å². The van der Waals surface area contributed by atoms with Crippen LogP contribution in [0.4, 0.5) is 0 Å². The summed E-state index contributed by atoms with van der Waals surface area (Å²) in [6.45, 7) is 0. The summed E-state index contributed by atoms with van der Waals surface area (Å²) in [7, 11) is 0. The normalized spacial score (nSPS) is 9.20. The van der Waals surface area contributed by atoms with Crippen LogP contribution in [0, 0.1) is 0 Å². The molecule has 52 valence electrons. The number of halogens is 1. The van der Waals surface area contributed by atoms with E-state index in [1.807, 2.05) is 30.6 Å². The number of H-pyrrole nitrogens is 2. The summed E-state index contributed by atoms with van der Waals surface area (Å²) in [6.07, 6.45) is 3.83. The predicted octanol–water partition coefficient (Wildman–Crippen LogP) is -2.01. The van der Waals surface area contributed by atoms with Gasteiger partial charge in [-0.25, -0.2) is 4.98 Å². The maximum Gasteiger partial charge on any atom is 0.228 e. The summed E-state index contributed by atoms with van der Waals surface area (Å²) in [5, 5.41) is 0. The molecular weight excluding hydrogens is 192 g/mol. The van der Waals surface area contributed by atoms with Crippen molar-refractivity contribution in [2.75, 3.05) is 0 Å². The molecule has 0 aliphatic heterocycles. The third kappa shape index (κ3) is 1.04. The Morgan fingerprint density at radius 1 is 1.30 bits per heavy atom. The standard InChI is InChI=1S/C7H6N2.BrH/c1-2-6-7(8-4-1)3-5-9-6;/h1-5,9H;1H. The van der Waals surface area contributed by atoms with E-state index in [9.17, 15) is 0 Å². The highest BCUT2D eigenvalue weighted by Gasteiger charge is 1.94. The lowest BCUT2D eigenvalue weighted by Gasteiger charge is -1.76. The SMILES string of the molecule is [Br-].c1c[nH+]c2cc[nH]c2c1. The Labute approximate surface area is 69.1 Å². The predicted molar refractivity (Wildman–Crippen MR) is 34.9 cm³/mol. The second-order valence-corrected chi connectivity index (χ2v) is 1.98. The lowest BCUT2D eigenvalue weighted by molar-refractivity contribution is -0.344. The average molecular weight is 199 g/mol. The Hall–Kier alpha value is -0.830. The van der Waals surface area contributed by atoms with Crippen LogP contribution in [0.5, 0.6) is 0 Å². The number of pyridine rings is 1. The number of hydrogen-bond acceptors (Lipinski definition) is 0. The molecular formula is C7H7BrN2. The molecule has 0 saturated heterocycles. The molecule has 0 saturated carbocycles. The van der Waals surface area contributed by atoms with Crippen molar-refractivity contribution in [2.45, 2.75) is 0 Å². The minimum absolute atomic E-state index is 0. The van der Waals surface area contributed by atoms with Crippen LogP contribution in [0.1, 0.15) is 0 Å². The number of hydrogen-bond donors (Lipinski definition) is 1. The molecule has 2 aromatic heterocycles. The van der Waals surface area contributed by atoms with Gasteiger partial charge >= 0.3 is 0 Å². The van der Waals surface area contributed by atoms with E-state index >= 15 is 0 Å². The van der Waals surface area contributed by atoms with Crippen molar-refractivity contribution in [3.05, 3.63) is 30.6 Å². The molecule has 2 N–H and O–H groups in total. The van der Waals surface area contributed by atoms with Crippen molar-refractivity contribution in [2.24, 2.45) is 0 Å². The van der Waals surface area contributed by atoms with Crippen LogP contribution >= 0.6 is 0 Å². The summed E-state index contributed by atoms with van der Waals surface area (Å²) in [6, 6.07) is 6.01. The molecule has 0 radical (unpaired) electrons. The smallest absolute Gasteiger partial charge is 0.228 e. The first-order chi connectivity index (χ1) is 4.47. The van der Waals surface area contributed by atoms with E-state index in [-0.39, 0.29) is 17.0 Å². The van der Waals surface area contributed by atoms with E-state index in [1.165, 1.54) is 0 Å². The van der Waals surface area contributed by atoms with Crippen LogP contribution in [-0.4, -0.2) is 4.98 Å². The Morgan fingerprint density at radius 3 is 3.00 bits per heavy atom. The van der Waals surface area contributed by atoms with Gasteiger partial charge in [-0.3, -0.25) is 0 Å². The van der Waals surface area contributed by atoms with Gasteiger partial charge in [-0.15, -0.1) is 0 Å². The van der Waals surface area contributed by atoms with Crippen LogP contribution in [-0.2, 0) is 0 Å². The first kappa shape index (κ1) is 7.28. The highest BCUT2D eigenvalue weighted by Crippen LogP contribution is 2.01. The highest BCUT2D eigenvalue weighted by molar-refractivity contribution is 5.70. The van der Waals surface area contributed by atoms with E-state index in [1.54, 1.807) is 0 Å². The van der Waals surface area contributed by atoms with Crippen molar-refractivity contribution in [3.63, 3.8) is 0 Å². The van der Waals surface area contributed by atoms with Gasteiger partial charge in [0, 0.05) is 18.3 Å². The third-order valence-corrected chi connectivity index (χ3v) is 1.38.